The van der Waals surface area contributed by atoms with Crippen molar-refractivity contribution in [3.63, 3.8) is 0 Å². The molecule has 0 aliphatic heterocycles. The highest BCUT2D eigenvalue weighted by molar-refractivity contribution is 5.71. The Morgan fingerprint density at radius 3 is 2.80 bits per heavy atom. The van der Waals surface area contributed by atoms with Crippen LogP contribution in [-0.4, -0.2) is 30.7 Å². The fourth-order valence-corrected chi connectivity index (χ4v) is 1.51. The van der Waals surface area contributed by atoms with E-state index in [2.05, 4.69) is 17.2 Å². The number of carbonyl (C=O) groups is 1. The number of hydrogen-bond donors (Lipinski definition) is 1. The van der Waals surface area contributed by atoms with E-state index in [1.54, 1.807) is 6.20 Å². The van der Waals surface area contributed by atoms with Gasteiger partial charge in [-0.25, -0.2) is 4.79 Å². The lowest BCUT2D eigenvalue weighted by atomic mass is 10.3. The zero-order valence-electron chi connectivity index (χ0n) is 12.4. The number of pyridine rings is 1. The van der Waals surface area contributed by atoms with Gasteiger partial charge in [0.25, 0.3) is 0 Å². The molecule has 20 heavy (non-hydrogen) atoms. The Morgan fingerprint density at radius 2 is 2.15 bits per heavy atom. The molecule has 1 heterocycles. The molecule has 0 spiro atoms. The molecule has 0 amide bonds. The van der Waals surface area contributed by atoms with Crippen LogP contribution in [0.15, 0.2) is 18.3 Å². The van der Waals surface area contributed by atoms with Gasteiger partial charge in [-0.05, 0) is 31.5 Å². The van der Waals surface area contributed by atoms with Crippen LogP contribution in [-0.2, 0) is 16.1 Å². The first-order chi connectivity index (χ1) is 9.76. The molecule has 0 bridgehead atoms. The number of nitrogens with zero attached hydrogens (tertiary/aromatic N) is 1. The Hall–Kier alpha value is -1.62. The van der Waals surface area contributed by atoms with Gasteiger partial charge in [0.05, 0.1) is 18.5 Å². The number of aromatic nitrogens is 1. The number of hydrogen-bond acceptors (Lipinski definition) is 5. The highest BCUT2D eigenvalue weighted by Gasteiger charge is 2.04. The number of ether oxygens (including phenoxy) is 2. The summed E-state index contributed by atoms with van der Waals surface area (Å²) in [6.07, 6.45) is 4.61. The molecule has 0 saturated carbocycles. The first kappa shape index (κ1) is 16.4. The lowest BCUT2D eigenvalue weighted by Gasteiger charge is -2.07. The van der Waals surface area contributed by atoms with Gasteiger partial charge in [0.15, 0.2) is 6.61 Å². The summed E-state index contributed by atoms with van der Waals surface area (Å²) in [6.45, 7) is 6.28. The molecule has 0 aromatic carbocycles. The van der Waals surface area contributed by atoms with Crippen molar-refractivity contribution in [3.05, 3.63) is 24.0 Å². The molecule has 0 fully saturated rings. The summed E-state index contributed by atoms with van der Waals surface area (Å²) in [5.74, 6) is 0.240. The number of esters is 1. The second kappa shape index (κ2) is 10.2. The number of rotatable bonds is 10. The number of unbranched alkanes of at least 4 members (excludes halogenated alkanes) is 1. The lowest BCUT2D eigenvalue weighted by Crippen LogP contribution is -2.16. The Morgan fingerprint density at radius 1 is 1.30 bits per heavy atom. The largest absolute Gasteiger partial charge is 0.480 e. The molecule has 0 aliphatic rings. The average Bonchev–Trinajstić information content (AvgIpc) is 2.47. The summed E-state index contributed by atoms with van der Waals surface area (Å²) in [7, 11) is 0. The summed E-state index contributed by atoms with van der Waals surface area (Å²) in [5.41, 5.74) is 0.955. The Bertz CT molecular complexity index is 379. The minimum Gasteiger partial charge on any atom is -0.480 e. The number of nitrogens with one attached hydrogen (secondary N) is 1. The van der Waals surface area contributed by atoms with E-state index in [0.717, 1.165) is 38.0 Å². The van der Waals surface area contributed by atoms with Gasteiger partial charge in [-0.15, -0.1) is 0 Å². The molecular weight excluding hydrogens is 256 g/mol. The van der Waals surface area contributed by atoms with Crippen LogP contribution < -0.4 is 10.1 Å². The van der Waals surface area contributed by atoms with Crippen molar-refractivity contribution in [2.24, 2.45) is 0 Å². The van der Waals surface area contributed by atoms with Crippen molar-refractivity contribution in [2.45, 2.75) is 39.7 Å². The third kappa shape index (κ3) is 7.09. The molecule has 1 rings (SSSR count). The molecule has 112 valence electrons. The molecular formula is C15H24N2O3. The molecule has 5 nitrogen and oxygen atoms in total. The van der Waals surface area contributed by atoms with Crippen LogP contribution in [0.25, 0.3) is 0 Å². The van der Waals surface area contributed by atoms with E-state index < -0.39 is 0 Å². The van der Waals surface area contributed by atoms with E-state index in [1.807, 2.05) is 19.1 Å². The van der Waals surface area contributed by atoms with Crippen molar-refractivity contribution >= 4 is 5.97 Å². The first-order valence-corrected chi connectivity index (χ1v) is 7.20. The normalized spacial score (nSPS) is 10.3. The lowest BCUT2D eigenvalue weighted by molar-refractivity contribution is -0.146. The predicted octanol–water partition coefficient (Wildman–Crippen LogP) is 2.30. The van der Waals surface area contributed by atoms with Gasteiger partial charge in [-0.1, -0.05) is 20.3 Å². The molecule has 1 aromatic heterocycles. The van der Waals surface area contributed by atoms with E-state index >= 15 is 0 Å². The van der Waals surface area contributed by atoms with Gasteiger partial charge in [0.2, 0.25) is 0 Å². The van der Waals surface area contributed by atoms with Crippen LogP contribution in [0.1, 0.15) is 38.8 Å². The van der Waals surface area contributed by atoms with Gasteiger partial charge < -0.3 is 14.8 Å². The smallest absolute Gasteiger partial charge is 0.344 e. The van der Waals surface area contributed by atoms with Crippen molar-refractivity contribution in [1.29, 1.82) is 0 Å². The van der Waals surface area contributed by atoms with Gasteiger partial charge in [0.1, 0.15) is 5.75 Å². The monoisotopic (exact) mass is 280 g/mol. The van der Waals surface area contributed by atoms with E-state index in [4.69, 9.17) is 9.47 Å². The molecule has 0 atom stereocenters. The summed E-state index contributed by atoms with van der Waals surface area (Å²) in [6, 6.07) is 3.70. The standard InChI is InChI=1S/C15H24N2O3/c1-3-5-9-19-15(18)12-20-14-7-6-13(17-11-14)10-16-8-4-2/h6-7,11,16H,3-5,8-10,12H2,1-2H3. The second-order valence-electron chi connectivity index (χ2n) is 4.52. The minimum absolute atomic E-state index is 0.0706. The Balaban J connectivity index is 2.25. The fourth-order valence-electron chi connectivity index (χ4n) is 1.51. The zero-order valence-corrected chi connectivity index (χ0v) is 12.4. The zero-order chi connectivity index (χ0) is 14.6. The van der Waals surface area contributed by atoms with Crippen LogP contribution in [0.5, 0.6) is 5.75 Å². The maximum absolute atomic E-state index is 11.4. The Kier molecular flexibility index (Phi) is 8.38. The first-order valence-electron chi connectivity index (χ1n) is 7.20. The Labute approximate surface area is 120 Å². The topological polar surface area (TPSA) is 60.5 Å². The molecule has 0 saturated heterocycles. The predicted molar refractivity (Wildman–Crippen MR) is 77.6 cm³/mol. The molecule has 5 heteroatoms. The summed E-state index contributed by atoms with van der Waals surface area (Å²) in [5, 5.41) is 3.27. The van der Waals surface area contributed by atoms with Crippen molar-refractivity contribution in [1.82, 2.24) is 10.3 Å². The van der Waals surface area contributed by atoms with Crippen LogP contribution in [0, 0.1) is 0 Å². The van der Waals surface area contributed by atoms with Crippen LogP contribution in [0.4, 0.5) is 0 Å². The SMILES string of the molecule is CCCCOC(=O)COc1ccc(CNCCC)nc1. The van der Waals surface area contributed by atoms with Gasteiger partial charge in [-0.3, -0.25) is 4.98 Å². The minimum atomic E-state index is -0.341. The summed E-state index contributed by atoms with van der Waals surface area (Å²) >= 11 is 0. The average molecular weight is 280 g/mol. The summed E-state index contributed by atoms with van der Waals surface area (Å²) in [4.78, 5) is 15.6. The van der Waals surface area contributed by atoms with Crippen molar-refractivity contribution < 1.29 is 14.3 Å². The van der Waals surface area contributed by atoms with Crippen LogP contribution >= 0.6 is 0 Å². The van der Waals surface area contributed by atoms with Crippen molar-refractivity contribution in [2.75, 3.05) is 19.8 Å². The van der Waals surface area contributed by atoms with E-state index in [0.29, 0.717) is 12.4 Å². The molecule has 0 radical (unpaired) electrons. The summed E-state index contributed by atoms with van der Waals surface area (Å²) < 4.78 is 10.3. The van der Waals surface area contributed by atoms with Crippen LogP contribution in [0.2, 0.25) is 0 Å². The van der Waals surface area contributed by atoms with Gasteiger partial charge >= 0.3 is 5.97 Å². The maximum Gasteiger partial charge on any atom is 0.344 e. The van der Waals surface area contributed by atoms with E-state index in [-0.39, 0.29) is 12.6 Å². The van der Waals surface area contributed by atoms with Gasteiger partial charge in [-0.2, -0.15) is 0 Å². The molecule has 1 N–H and O–H groups in total. The second-order valence-corrected chi connectivity index (χ2v) is 4.52. The number of carbonyl (C=O) groups excluding carboxylic acids is 1. The third-order valence-electron chi connectivity index (χ3n) is 2.65. The fraction of sp³-hybridized carbons (Fsp3) is 0.600. The van der Waals surface area contributed by atoms with Crippen molar-refractivity contribution in [3.8, 4) is 5.75 Å². The quantitative estimate of drug-likeness (QED) is 0.526. The molecule has 0 aliphatic carbocycles. The van der Waals surface area contributed by atoms with E-state index in [9.17, 15) is 4.79 Å². The highest BCUT2D eigenvalue weighted by Crippen LogP contribution is 2.09. The van der Waals surface area contributed by atoms with E-state index in [1.165, 1.54) is 0 Å². The maximum atomic E-state index is 11.4. The van der Waals surface area contributed by atoms with Gasteiger partial charge in [0, 0.05) is 6.54 Å². The highest BCUT2D eigenvalue weighted by atomic mass is 16.6. The molecule has 0 unspecified atom stereocenters. The molecule has 1 aromatic rings. The van der Waals surface area contributed by atoms with Crippen LogP contribution in [0.3, 0.4) is 0 Å². The third-order valence-corrected chi connectivity index (χ3v) is 2.65.